The van der Waals surface area contributed by atoms with Gasteiger partial charge < -0.3 is 20.1 Å². The normalized spacial score (nSPS) is 20.3. The lowest BCUT2D eigenvalue weighted by molar-refractivity contribution is -0.137. The van der Waals surface area contributed by atoms with Crippen molar-refractivity contribution in [2.24, 2.45) is 11.7 Å². The molecule has 17 heavy (non-hydrogen) atoms. The van der Waals surface area contributed by atoms with Crippen molar-refractivity contribution >= 4 is 23.1 Å². The summed E-state index contributed by atoms with van der Waals surface area (Å²) >= 11 is 4.97. The molecule has 98 valence electrons. The Hall–Kier alpha value is -0.720. The zero-order chi connectivity index (χ0) is 12.7. The molecule has 1 atom stereocenters. The maximum absolute atomic E-state index is 11.8. The summed E-state index contributed by atoms with van der Waals surface area (Å²) in [6.07, 6.45) is 1.93. The second kappa shape index (κ2) is 7.58. The number of thiocarbonyl (C=S) groups is 1. The molecule has 1 rings (SSSR count). The average molecular weight is 260 g/mol. The van der Waals surface area contributed by atoms with Gasteiger partial charge in [0.1, 0.15) is 6.61 Å². The summed E-state index contributed by atoms with van der Waals surface area (Å²) < 4.78 is 10.0. The van der Waals surface area contributed by atoms with Crippen LogP contribution in [0.4, 0.5) is 0 Å². The number of piperidine rings is 1. The fourth-order valence-electron chi connectivity index (χ4n) is 1.83. The molecule has 0 aromatic rings. The van der Waals surface area contributed by atoms with Crippen molar-refractivity contribution in [1.82, 2.24) is 4.90 Å². The summed E-state index contributed by atoms with van der Waals surface area (Å²) in [4.78, 5) is 14.1. The number of amides is 1. The number of nitrogens with zero attached hydrogens (tertiary/aromatic N) is 1. The van der Waals surface area contributed by atoms with E-state index in [-0.39, 0.29) is 18.4 Å². The topological polar surface area (TPSA) is 64.8 Å². The van der Waals surface area contributed by atoms with Crippen LogP contribution < -0.4 is 5.73 Å². The lowest BCUT2D eigenvalue weighted by atomic mass is 9.98. The van der Waals surface area contributed by atoms with Crippen molar-refractivity contribution in [1.29, 1.82) is 0 Å². The van der Waals surface area contributed by atoms with Crippen LogP contribution in [0.15, 0.2) is 0 Å². The molecule has 6 heteroatoms. The summed E-state index contributed by atoms with van der Waals surface area (Å²) in [5.41, 5.74) is 5.61. The van der Waals surface area contributed by atoms with Gasteiger partial charge in [-0.05, 0) is 12.8 Å². The molecule has 0 saturated carbocycles. The highest BCUT2D eigenvalue weighted by Gasteiger charge is 2.24. The van der Waals surface area contributed by atoms with Crippen LogP contribution in [0.3, 0.4) is 0 Å². The summed E-state index contributed by atoms with van der Waals surface area (Å²) in [6.45, 7) is 2.44. The van der Waals surface area contributed by atoms with Gasteiger partial charge in [0.05, 0.1) is 18.2 Å². The SMILES string of the molecule is COCCOCC(=O)N1CCCC(C(N)=S)C1. The molecule has 1 saturated heterocycles. The number of nitrogens with two attached hydrogens (primary N) is 1. The number of rotatable bonds is 6. The van der Waals surface area contributed by atoms with Gasteiger partial charge in [0.2, 0.25) is 5.91 Å². The van der Waals surface area contributed by atoms with Crippen molar-refractivity contribution in [3.8, 4) is 0 Å². The molecule has 1 unspecified atom stereocenters. The molecule has 1 aliphatic rings. The van der Waals surface area contributed by atoms with Crippen LogP contribution in [-0.2, 0) is 14.3 Å². The Bertz CT molecular complexity index is 273. The van der Waals surface area contributed by atoms with Crippen molar-refractivity contribution in [2.75, 3.05) is 40.0 Å². The summed E-state index contributed by atoms with van der Waals surface area (Å²) in [5, 5.41) is 0. The van der Waals surface area contributed by atoms with Crippen molar-refractivity contribution in [2.45, 2.75) is 12.8 Å². The Morgan fingerprint density at radius 2 is 2.29 bits per heavy atom. The minimum absolute atomic E-state index is 0.00190. The number of carbonyl (C=O) groups is 1. The monoisotopic (exact) mass is 260 g/mol. The number of methoxy groups -OCH3 is 1. The van der Waals surface area contributed by atoms with E-state index >= 15 is 0 Å². The number of ether oxygens (including phenoxy) is 2. The maximum atomic E-state index is 11.8. The largest absolute Gasteiger partial charge is 0.393 e. The standard InChI is InChI=1S/C11H20N2O3S/c1-15-5-6-16-8-10(14)13-4-2-3-9(7-13)11(12)17/h9H,2-8H2,1H3,(H2,12,17). The molecular weight excluding hydrogens is 240 g/mol. The highest BCUT2D eigenvalue weighted by atomic mass is 32.1. The molecule has 1 fully saturated rings. The van der Waals surface area contributed by atoms with Gasteiger partial charge in [-0.15, -0.1) is 0 Å². The quantitative estimate of drug-likeness (QED) is 0.545. The zero-order valence-corrected chi connectivity index (χ0v) is 11.0. The molecule has 5 nitrogen and oxygen atoms in total. The summed E-state index contributed by atoms with van der Waals surface area (Å²) in [7, 11) is 1.60. The molecular formula is C11H20N2O3S. The Labute approximate surface area is 107 Å². The molecule has 0 aromatic carbocycles. The zero-order valence-electron chi connectivity index (χ0n) is 10.2. The number of carbonyl (C=O) groups excluding carboxylic acids is 1. The van der Waals surface area contributed by atoms with Gasteiger partial charge in [-0.2, -0.15) is 0 Å². The molecule has 0 aromatic heterocycles. The Morgan fingerprint density at radius 3 is 2.94 bits per heavy atom. The number of hydrogen-bond donors (Lipinski definition) is 1. The van der Waals surface area contributed by atoms with Crippen molar-refractivity contribution < 1.29 is 14.3 Å². The molecule has 0 bridgehead atoms. The predicted molar refractivity (Wildman–Crippen MR) is 68.8 cm³/mol. The Balaban J connectivity index is 2.28. The Morgan fingerprint density at radius 1 is 1.53 bits per heavy atom. The van der Waals surface area contributed by atoms with E-state index in [4.69, 9.17) is 27.4 Å². The summed E-state index contributed by atoms with van der Waals surface area (Å²) in [5.74, 6) is 0.156. The van der Waals surface area contributed by atoms with E-state index < -0.39 is 0 Å². The van der Waals surface area contributed by atoms with Gasteiger partial charge >= 0.3 is 0 Å². The fraction of sp³-hybridized carbons (Fsp3) is 0.818. The average Bonchev–Trinajstić information content (AvgIpc) is 2.34. The third-order valence-electron chi connectivity index (χ3n) is 2.83. The first-order valence-electron chi connectivity index (χ1n) is 5.79. The summed E-state index contributed by atoms with van der Waals surface area (Å²) in [6, 6.07) is 0. The van der Waals surface area contributed by atoms with E-state index in [2.05, 4.69) is 0 Å². The van der Waals surface area contributed by atoms with E-state index in [0.29, 0.717) is 24.7 Å². The molecule has 0 spiro atoms. The van der Waals surface area contributed by atoms with Gasteiger partial charge in [-0.1, -0.05) is 12.2 Å². The molecule has 0 aliphatic carbocycles. The van der Waals surface area contributed by atoms with Gasteiger partial charge in [0.25, 0.3) is 0 Å². The van der Waals surface area contributed by atoms with E-state index in [0.717, 1.165) is 19.4 Å². The minimum atomic E-state index is 0.00190. The van der Waals surface area contributed by atoms with Crippen LogP contribution in [-0.4, -0.2) is 55.8 Å². The van der Waals surface area contributed by atoms with Gasteiger partial charge in [0.15, 0.2) is 0 Å². The fourth-order valence-corrected chi connectivity index (χ4v) is 2.02. The molecule has 1 amide bonds. The van der Waals surface area contributed by atoms with Crippen LogP contribution >= 0.6 is 12.2 Å². The van der Waals surface area contributed by atoms with Crippen LogP contribution in [0.2, 0.25) is 0 Å². The molecule has 1 heterocycles. The highest BCUT2D eigenvalue weighted by Crippen LogP contribution is 2.16. The smallest absolute Gasteiger partial charge is 0.248 e. The molecule has 0 radical (unpaired) electrons. The number of hydrogen-bond acceptors (Lipinski definition) is 4. The van der Waals surface area contributed by atoms with Crippen LogP contribution in [0, 0.1) is 5.92 Å². The third kappa shape index (κ3) is 4.97. The van der Waals surface area contributed by atoms with Crippen LogP contribution in [0.5, 0.6) is 0 Å². The van der Waals surface area contributed by atoms with E-state index in [9.17, 15) is 4.79 Å². The van der Waals surface area contributed by atoms with E-state index in [1.54, 1.807) is 12.0 Å². The lowest BCUT2D eigenvalue weighted by Crippen LogP contribution is -2.45. The molecule has 1 aliphatic heterocycles. The second-order valence-corrected chi connectivity index (χ2v) is 4.60. The van der Waals surface area contributed by atoms with Crippen molar-refractivity contribution in [3.05, 3.63) is 0 Å². The molecule has 2 N–H and O–H groups in total. The first kappa shape index (κ1) is 14.3. The van der Waals surface area contributed by atoms with Crippen molar-refractivity contribution in [3.63, 3.8) is 0 Å². The first-order chi connectivity index (χ1) is 8.15. The Kier molecular flexibility index (Phi) is 6.39. The lowest BCUT2D eigenvalue weighted by Gasteiger charge is -2.32. The third-order valence-corrected chi connectivity index (χ3v) is 3.17. The predicted octanol–water partition coefficient (Wildman–Crippen LogP) is 0.174. The van der Waals surface area contributed by atoms with Gasteiger partial charge in [-0.3, -0.25) is 4.79 Å². The van der Waals surface area contributed by atoms with Crippen LogP contribution in [0.1, 0.15) is 12.8 Å². The number of likely N-dealkylation sites (tertiary alicyclic amines) is 1. The minimum Gasteiger partial charge on any atom is -0.393 e. The highest BCUT2D eigenvalue weighted by molar-refractivity contribution is 7.80. The van der Waals surface area contributed by atoms with Gasteiger partial charge in [-0.25, -0.2) is 0 Å². The maximum Gasteiger partial charge on any atom is 0.248 e. The first-order valence-corrected chi connectivity index (χ1v) is 6.19. The second-order valence-electron chi connectivity index (χ2n) is 4.13. The van der Waals surface area contributed by atoms with Crippen LogP contribution in [0.25, 0.3) is 0 Å². The van der Waals surface area contributed by atoms with E-state index in [1.807, 2.05) is 0 Å². The van der Waals surface area contributed by atoms with Gasteiger partial charge in [0, 0.05) is 26.1 Å². The van der Waals surface area contributed by atoms with E-state index in [1.165, 1.54) is 0 Å².